The van der Waals surface area contributed by atoms with Crippen LogP contribution in [0.25, 0.3) is 10.2 Å². The lowest BCUT2D eigenvalue weighted by molar-refractivity contribution is 0.333. The second-order valence-electron chi connectivity index (χ2n) is 8.26. The number of para-hydroxylation sites is 1. The summed E-state index contributed by atoms with van der Waals surface area (Å²) >= 11 is 1.75. The minimum absolute atomic E-state index is 0.119. The SMILES string of the molecule is CS(=O)(=O)N1CC2CC2C1CNCc1ccc(Cc2nc3ccccc3s2)cc1. The summed E-state index contributed by atoms with van der Waals surface area (Å²) < 4.78 is 26.9. The number of piperidine rings is 1. The minimum atomic E-state index is -3.11. The number of nitrogens with one attached hydrogen (secondary N) is 1. The molecule has 152 valence electrons. The molecule has 0 amide bonds. The number of hydrogen-bond donors (Lipinski definition) is 1. The number of rotatable bonds is 7. The van der Waals surface area contributed by atoms with E-state index < -0.39 is 10.0 Å². The third kappa shape index (κ3) is 4.10. The van der Waals surface area contributed by atoms with Gasteiger partial charge in [0.25, 0.3) is 0 Å². The van der Waals surface area contributed by atoms with Gasteiger partial charge in [-0.25, -0.2) is 13.4 Å². The first-order chi connectivity index (χ1) is 14.0. The van der Waals surface area contributed by atoms with E-state index in [1.165, 1.54) is 28.5 Å². The van der Waals surface area contributed by atoms with Gasteiger partial charge in [-0.2, -0.15) is 4.31 Å². The molecule has 1 saturated carbocycles. The van der Waals surface area contributed by atoms with Crippen molar-refractivity contribution in [2.45, 2.75) is 25.4 Å². The summed E-state index contributed by atoms with van der Waals surface area (Å²) in [6.07, 6.45) is 3.36. The molecule has 1 aromatic heterocycles. The fourth-order valence-electron chi connectivity index (χ4n) is 4.48. The Morgan fingerprint density at radius 2 is 1.90 bits per heavy atom. The third-order valence-electron chi connectivity index (χ3n) is 6.08. The Kier molecular flexibility index (Phi) is 4.94. The number of nitrogens with zero attached hydrogens (tertiary/aromatic N) is 2. The number of sulfonamides is 1. The highest BCUT2D eigenvalue weighted by Gasteiger charge is 2.54. The molecule has 1 aliphatic carbocycles. The summed E-state index contributed by atoms with van der Waals surface area (Å²) in [6, 6.07) is 17.0. The van der Waals surface area contributed by atoms with Crippen molar-refractivity contribution in [3.63, 3.8) is 0 Å². The molecule has 0 radical (unpaired) electrons. The molecule has 5 nitrogen and oxygen atoms in total. The Balaban J connectivity index is 1.17. The molecular formula is C22H25N3O2S2. The molecule has 2 heterocycles. The van der Waals surface area contributed by atoms with Gasteiger partial charge < -0.3 is 5.32 Å². The van der Waals surface area contributed by atoms with Crippen LogP contribution in [-0.4, -0.2) is 43.1 Å². The van der Waals surface area contributed by atoms with Gasteiger partial charge in [-0.3, -0.25) is 0 Å². The average molecular weight is 428 g/mol. The number of thiazole rings is 1. The van der Waals surface area contributed by atoms with Gasteiger partial charge in [-0.05, 0) is 41.5 Å². The van der Waals surface area contributed by atoms with Gasteiger partial charge in [0.2, 0.25) is 10.0 Å². The van der Waals surface area contributed by atoms with Crippen LogP contribution in [0.5, 0.6) is 0 Å². The molecule has 2 aliphatic rings. The Morgan fingerprint density at radius 3 is 2.66 bits per heavy atom. The zero-order chi connectivity index (χ0) is 20.0. The van der Waals surface area contributed by atoms with E-state index >= 15 is 0 Å². The standard InChI is InChI=1S/C22H25N3O2S2/c1-29(26,27)25-14-17-11-18(17)20(25)13-23-12-16-8-6-15(7-9-16)10-22-24-19-4-2-3-5-21(19)28-22/h2-9,17-18,20,23H,10-14H2,1H3. The number of aromatic nitrogens is 1. The van der Waals surface area contributed by atoms with E-state index in [2.05, 4.69) is 47.8 Å². The highest BCUT2D eigenvalue weighted by Crippen LogP contribution is 2.50. The fraction of sp³-hybridized carbons (Fsp3) is 0.409. The molecule has 1 saturated heterocycles. The van der Waals surface area contributed by atoms with E-state index in [1.54, 1.807) is 15.6 Å². The zero-order valence-electron chi connectivity index (χ0n) is 16.4. The van der Waals surface area contributed by atoms with Crippen molar-refractivity contribution in [2.24, 2.45) is 11.8 Å². The van der Waals surface area contributed by atoms with Crippen LogP contribution in [-0.2, 0) is 23.0 Å². The van der Waals surface area contributed by atoms with E-state index in [0.29, 0.717) is 18.4 Å². The average Bonchev–Trinajstić information content (AvgIpc) is 3.18. The van der Waals surface area contributed by atoms with Crippen LogP contribution in [0.3, 0.4) is 0 Å². The first-order valence-electron chi connectivity index (χ1n) is 10.1. The summed E-state index contributed by atoms with van der Waals surface area (Å²) in [4.78, 5) is 4.71. The number of fused-ring (bicyclic) bond motifs is 2. The molecular weight excluding hydrogens is 402 g/mol. The summed E-state index contributed by atoms with van der Waals surface area (Å²) in [7, 11) is -3.11. The van der Waals surface area contributed by atoms with Crippen molar-refractivity contribution in [3.8, 4) is 0 Å². The van der Waals surface area contributed by atoms with E-state index in [-0.39, 0.29) is 6.04 Å². The van der Waals surface area contributed by atoms with E-state index in [1.807, 2.05) is 6.07 Å². The lowest BCUT2D eigenvalue weighted by Gasteiger charge is -2.25. The smallest absolute Gasteiger partial charge is 0.211 e. The topological polar surface area (TPSA) is 62.3 Å². The summed E-state index contributed by atoms with van der Waals surface area (Å²) in [6.45, 7) is 2.19. The van der Waals surface area contributed by atoms with Gasteiger partial charge in [0.15, 0.2) is 0 Å². The fourth-order valence-corrected chi connectivity index (χ4v) is 6.66. The summed E-state index contributed by atoms with van der Waals surface area (Å²) in [5.74, 6) is 1.13. The van der Waals surface area contributed by atoms with Crippen LogP contribution in [0.15, 0.2) is 48.5 Å². The van der Waals surface area contributed by atoms with Crippen LogP contribution in [0.4, 0.5) is 0 Å². The Hall–Kier alpha value is -1.80. The van der Waals surface area contributed by atoms with Crippen LogP contribution >= 0.6 is 11.3 Å². The van der Waals surface area contributed by atoms with Crippen molar-refractivity contribution in [2.75, 3.05) is 19.3 Å². The highest BCUT2D eigenvalue weighted by molar-refractivity contribution is 7.88. The van der Waals surface area contributed by atoms with Gasteiger partial charge in [-0.1, -0.05) is 36.4 Å². The van der Waals surface area contributed by atoms with Crippen LogP contribution in [0.2, 0.25) is 0 Å². The van der Waals surface area contributed by atoms with Crippen molar-refractivity contribution < 1.29 is 8.42 Å². The van der Waals surface area contributed by atoms with Crippen LogP contribution < -0.4 is 5.32 Å². The molecule has 2 fully saturated rings. The third-order valence-corrected chi connectivity index (χ3v) is 8.39. The molecule has 5 rings (SSSR count). The molecule has 0 bridgehead atoms. The van der Waals surface area contributed by atoms with E-state index in [0.717, 1.165) is 30.0 Å². The Labute approximate surface area is 175 Å². The highest BCUT2D eigenvalue weighted by atomic mass is 32.2. The lowest BCUT2D eigenvalue weighted by atomic mass is 10.1. The van der Waals surface area contributed by atoms with Gasteiger partial charge >= 0.3 is 0 Å². The van der Waals surface area contributed by atoms with Crippen molar-refractivity contribution in [1.82, 2.24) is 14.6 Å². The number of benzene rings is 2. The van der Waals surface area contributed by atoms with Gasteiger partial charge in [0.1, 0.15) is 0 Å². The Bertz CT molecular complexity index is 1090. The van der Waals surface area contributed by atoms with Crippen molar-refractivity contribution in [3.05, 3.63) is 64.7 Å². The van der Waals surface area contributed by atoms with E-state index in [9.17, 15) is 8.42 Å². The molecule has 29 heavy (non-hydrogen) atoms. The molecule has 0 spiro atoms. The first kappa shape index (κ1) is 19.2. The van der Waals surface area contributed by atoms with Gasteiger partial charge in [0.05, 0.1) is 21.5 Å². The van der Waals surface area contributed by atoms with Gasteiger partial charge in [-0.15, -0.1) is 11.3 Å². The zero-order valence-corrected chi connectivity index (χ0v) is 18.0. The molecule has 1 aliphatic heterocycles. The van der Waals surface area contributed by atoms with Crippen molar-refractivity contribution in [1.29, 1.82) is 0 Å². The van der Waals surface area contributed by atoms with Crippen LogP contribution in [0, 0.1) is 11.8 Å². The predicted octanol–water partition coefficient (Wildman–Crippen LogP) is 3.26. The maximum Gasteiger partial charge on any atom is 0.211 e. The van der Waals surface area contributed by atoms with Crippen LogP contribution in [0.1, 0.15) is 22.6 Å². The summed E-state index contributed by atoms with van der Waals surface area (Å²) in [5.41, 5.74) is 3.54. The maximum absolute atomic E-state index is 12.0. The van der Waals surface area contributed by atoms with E-state index in [4.69, 9.17) is 4.98 Å². The molecule has 3 aromatic rings. The quantitative estimate of drug-likeness (QED) is 0.629. The lowest BCUT2D eigenvalue weighted by Crippen LogP contribution is -2.43. The Morgan fingerprint density at radius 1 is 1.14 bits per heavy atom. The maximum atomic E-state index is 12.0. The van der Waals surface area contributed by atoms with Crippen molar-refractivity contribution >= 4 is 31.6 Å². The molecule has 7 heteroatoms. The second-order valence-corrected chi connectivity index (χ2v) is 11.3. The number of hydrogen-bond acceptors (Lipinski definition) is 5. The first-order valence-corrected chi connectivity index (χ1v) is 12.7. The predicted molar refractivity (Wildman–Crippen MR) is 118 cm³/mol. The normalized spacial score (nSPS) is 24.1. The minimum Gasteiger partial charge on any atom is -0.311 e. The second kappa shape index (κ2) is 7.47. The molecule has 2 aromatic carbocycles. The molecule has 1 N–H and O–H groups in total. The monoisotopic (exact) mass is 427 g/mol. The largest absolute Gasteiger partial charge is 0.311 e. The van der Waals surface area contributed by atoms with Gasteiger partial charge in [0, 0.05) is 32.1 Å². The summed E-state index contributed by atoms with van der Waals surface area (Å²) in [5, 5.41) is 4.61. The molecule has 3 atom stereocenters. The molecule has 3 unspecified atom stereocenters.